The third kappa shape index (κ3) is 3.52. The van der Waals surface area contributed by atoms with Crippen LogP contribution in [-0.4, -0.2) is 92.6 Å². The molecule has 2 heterocycles. The van der Waals surface area contributed by atoms with Gasteiger partial charge in [0.25, 0.3) is 0 Å². The molecule has 0 aromatic rings. The van der Waals surface area contributed by atoms with Crippen molar-refractivity contribution in [3.05, 3.63) is 0 Å². The molecule has 9 atom stereocenters. The van der Waals surface area contributed by atoms with Crippen molar-refractivity contribution < 1.29 is 44.8 Å². The summed E-state index contributed by atoms with van der Waals surface area (Å²) in [6, 6.07) is 0. The van der Waals surface area contributed by atoms with Crippen LogP contribution in [0.4, 0.5) is 0 Å². The molecule has 6 N–H and O–H groups in total. The minimum atomic E-state index is -1.64. The largest absolute Gasteiger partial charge is 0.394 e. The van der Waals surface area contributed by atoms with Crippen LogP contribution in [0.5, 0.6) is 0 Å². The van der Waals surface area contributed by atoms with E-state index in [1.807, 2.05) is 0 Å². The van der Waals surface area contributed by atoms with E-state index >= 15 is 0 Å². The SMILES string of the molecule is CC1OC(OC2C(CO)OC(O)C(O)C2O)C(O)CC1O. The van der Waals surface area contributed by atoms with Gasteiger partial charge in [-0.25, -0.2) is 0 Å². The zero-order valence-corrected chi connectivity index (χ0v) is 11.5. The van der Waals surface area contributed by atoms with Gasteiger partial charge in [0.1, 0.15) is 30.5 Å². The van der Waals surface area contributed by atoms with Gasteiger partial charge >= 0.3 is 0 Å². The summed E-state index contributed by atoms with van der Waals surface area (Å²) in [6.07, 6.45) is -10.7. The Morgan fingerprint density at radius 1 is 1.00 bits per heavy atom. The Kier molecular flexibility index (Phi) is 5.52. The lowest BCUT2D eigenvalue weighted by molar-refractivity contribution is -0.341. The van der Waals surface area contributed by atoms with Gasteiger partial charge < -0.3 is 44.8 Å². The first-order valence-corrected chi connectivity index (χ1v) is 6.82. The minimum Gasteiger partial charge on any atom is -0.394 e. The quantitative estimate of drug-likeness (QED) is 0.314. The van der Waals surface area contributed by atoms with E-state index < -0.39 is 61.9 Å². The monoisotopic (exact) mass is 310 g/mol. The fourth-order valence-electron chi connectivity index (χ4n) is 2.46. The van der Waals surface area contributed by atoms with E-state index in [0.29, 0.717) is 0 Å². The van der Waals surface area contributed by atoms with Gasteiger partial charge in [0.15, 0.2) is 12.6 Å². The lowest BCUT2D eigenvalue weighted by atomic mass is 9.98. The van der Waals surface area contributed by atoms with Crippen molar-refractivity contribution in [2.45, 2.75) is 68.7 Å². The molecular formula is C12H22O9. The van der Waals surface area contributed by atoms with E-state index in [1.165, 1.54) is 0 Å². The summed E-state index contributed by atoms with van der Waals surface area (Å²) in [5.74, 6) is 0. The second-order valence-corrected chi connectivity index (χ2v) is 5.41. The van der Waals surface area contributed by atoms with Crippen LogP contribution in [0.3, 0.4) is 0 Å². The van der Waals surface area contributed by atoms with Crippen molar-refractivity contribution in [1.82, 2.24) is 0 Å². The van der Waals surface area contributed by atoms with Gasteiger partial charge in [-0.2, -0.15) is 0 Å². The standard InChI is InChI=1S/C12H22O9/c1-4-5(14)2-6(15)12(19-4)21-10-7(3-13)20-11(18)9(17)8(10)16/h4-18H,2-3H2,1H3. The van der Waals surface area contributed by atoms with Crippen molar-refractivity contribution in [2.24, 2.45) is 0 Å². The molecule has 124 valence electrons. The van der Waals surface area contributed by atoms with Crippen LogP contribution in [0.15, 0.2) is 0 Å². The number of ether oxygens (including phenoxy) is 3. The Hall–Kier alpha value is -0.360. The van der Waals surface area contributed by atoms with Crippen LogP contribution in [0.25, 0.3) is 0 Å². The molecule has 2 saturated heterocycles. The van der Waals surface area contributed by atoms with E-state index in [-0.39, 0.29) is 6.42 Å². The Balaban J connectivity index is 2.05. The molecule has 0 aromatic carbocycles. The van der Waals surface area contributed by atoms with Crippen molar-refractivity contribution in [3.63, 3.8) is 0 Å². The zero-order chi connectivity index (χ0) is 15.7. The molecule has 0 amide bonds. The molecule has 0 radical (unpaired) electrons. The zero-order valence-electron chi connectivity index (χ0n) is 11.5. The fraction of sp³-hybridized carbons (Fsp3) is 1.00. The normalized spacial score (nSPS) is 51.9. The van der Waals surface area contributed by atoms with Gasteiger partial charge in [-0.1, -0.05) is 0 Å². The van der Waals surface area contributed by atoms with Gasteiger partial charge in [0.2, 0.25) is 0 Å². The summed E-state index contributed by atoms with van der Waals surface area (Å²) in [5.41, 5.74) is 0. The second-order valence-electron chi connectivity index (χ2n) is 5.41. The van der Waals surface area contributed by atoms with Gasteiger partial charge in [0, 0.05) is 6.42 Å². The third-order valence-corrected chi connectivity index (χ3v) is 3.82. The first-order chi connectivity index (χ1) is 9.85. The molecule has 0 aromatic heterocycles. The molecule has 9 unspecified atom stereocenters. The molecular weight excluding hydrogens is 288 g/mol. The van der Waals surface area contributed by atoms with E-state index in [2.05, 4.69) is 0 Å². The van der Waals surface area contributed by atoms with Gasteiger partial charge in [-0.15, -0.1) is 0 Å². The van der Waals surface area contributed by atoms with Crippen LogP contribution < -0.4 is 0 Å². The summed E-state index contributed by atoms with van der Waals surface area (Å²) in [6.45, 7) is 1.04. The van der Waals surface area contributed by atoms with E-state index in [4.69, 9.17) is 14.2 Å². The van der Waals surface area contributed by atoms with Crippen molar-refractivity contribution in [3.8, 4) is 0 Å². The van der Waals surface area contributed by atoms with Crippen LogP contribution in [0.2, 0.25) is 0 Å². The second kappa shape index (κ2) is 6.82. The van der Waals surface area contributed by atoms with Gasteiger partial charge in [0.05, 0.1) is 18.8 Å². The van der Waals surface area contributed by atoms with Gasteiger partial charge in [-0.3, -0.25) is 0 Å². The van der Waals surface area contributed by atoms with Crippen LogP contribution in [-0.2, 0) is 14.2 Å². The highest BCUT2D eigenvalue weighted by molar-refractivity contribution is 4.91. The Morgan fingerprint density at radius 3 is 2.29 bits per heavy atom. The Bertz CT molecular complexity index is 339. The Morgan fingerprint density at radius 2 is 1.67 bits per heavy atom. The van der Waals surface area contributed by atoms with Crippen LogP contribution in [0.1, 0.15) is 13.3 Å². The third-order valence-electron chi connectivity index (χ3n) is 3.82. The summed E-state index contributed by atoms with van der Waals surface area (Å²) >= 11 is 0. The molecule has 2 fully saturated rings. The maximum absolute atomic E-state index is 9.93. The molecule has 0 aliphatic carbocycles. The highest BCUT2D eigenvalue weighted by Crippen LogP contribution is 2.28. The molecule has 9 nitrogen and oxygen atoms in total. The molecule has 0 saturated carbocycles. The van der Waals surface area contributed by atoms with E-state index in [0.717, 1.165) is 0 Å². The van der Waals surface area contributed by atoms with Crippen LogP contribution in [0, 0.1) is 0 Å². The number of hydrogen-bond donors (Lipinski definition) is 6. The van der Waals surface area contributed by atoms with Crippen molar-refractivity contribution in [1.29, 1.82) is 0 Å². The number of hydrogen-bond acceptors (Lipinski definition) is 9. The maximum atomic E-state index is 9.93. The average Bonchev–Trinajstić information content (AvgIpc) is 2.44. The smallest absolute Gasteiger partial charge is 0.184 e. The van der Waals surface area contributed by atoms with Crippen molar-refractivity contribution in [2.75, 3.05) is 6.61 Å². The summed E-state index contributed by atoms with van der Waals surface area (Å²) in [5, 5.41) is 57.5. The lowest BCUT2D eigenvalue weighted by Gasteiger charge is -2.43. The minimum absolute atomic E-state index is 0.0322. The van der Waals surface area contributed by atoms with Gasteiger partial charge in [-0.05, 0) is 6.92 Å². The maximum Gasteiger partial charge on any atom is 0.184 e. The predicted molar refractivity (Wildman–Crippen MR) is 65.8 cm³/mol. The molecule has 0 spiro atoms. The topological polar surface area (TPSA) is 149 Å². The summed E-state index contributed by atoms with van der Waals surface area (Å²) in [4.78, 5) is 0. The van der Waals surface area contributed by atoms with E-state index in [1.54, 1.807) is 6.92 Å². The summed E-state index contributed by atoms with van der Waals surface area (Å²) < 4.78 is 15.6. The molecule has 2 aliphatic rings. The van der Waals surface area contributed by atoms with Crippen LogP contribution >= 0.6 is 0 Å². The molecule has 9 heteroatoms. The average molecular weight is 310 g/mol. The fourth-order valence-corrected chi connectivity index (χ4v) is 2.46. The molecule has 2 rings (SSSR count). The first-order valence-electron chi connectivity index (χ1n) is 6.82. The van der Waals surface area contributed by atoms with Crippen molar-refractivity contribution >= 4 is 0 Å². The number of rotatable bonds is 3. The predicted octanol–water partition coefficient (Wildman–Crippen LogP) is -3.34. The first kappa shape index (κ1) is 17.0. The number of aliphatic hydroxyl groups is 6. The molecule has 2 aliphatic heterocycles. The summed E-state index contributed by atoms with van der Waals surface area (Å²) in [7, 11) is 0. The molecule has 21 heavy (non-hydrogen) atoms. The highest BCUT2D eigenvalue weighted by atomic mass is 16.7. The highest BCUT2D eigenvalue weighted by Gasteiger charge is 2.47. The lowest BCUT2D eigenvalue weighted by Crippen LogP contribution is -2.61. The van der Waals surface area contributed by atoms with E-state index in [9.17, 15) is 30.6 Å². The molecule has 0 bridgehead atoms. The Labute approximate surface area is 121 Å². The number of aliphatic hydroxyl groups excluding tert-OH is 6.